The van der Waals surface area contributed by atoms with Crippen LogP contribution in [-0.4, -0.2) is 17.6 Å². The molecule has 0 spiro atoms. The maximum Gasteiger partial charge on any atom is 0.337 e. The quantitative estimate of drug-likeness (QED) is 0.776. The molecule has 1 aromatic carbocycles. The number of carbonyl (C=O) groups excluding carboxylic acids is 1. The highest BCUT2D eigenvalue weighted by atomic mass is 16.5. The maximum atomic E-state index is 11.6. The van der Waals surface area contributed by atoms with Gasteiger partial charge < -0.3 is 9.30 Å². The summed E-state index contributed by atoms with van der Waals surface area (Å²) in [4.78, 5) is 11.6. The molecule has 1 aromatic heterocycles. The Morgan fingerprint density at radius 3 is 2.68 bits per heavy atom. The van der Waals surface area contributed by atoms with Crippen molar-refractivity contribution in [2.45, 2.75) is 19.3 Å². The summed E-state index contributed by atoms with van der Waals surface area (Å²) in [7, 11) is 3.29. The van der Waals surface area contributed by atoms with Crippen molar-refractivity contribution >= 4 is 16.9 Å². The number of esters is 1. The summed E-state index contributed by atoms with van der Waals surface area (Å²) < 4.78 is 6.70. The first kappa shape index (κ1) is 13.2. The summed E-state index contributed by atoms with van der Waals surface area (Å²) in [5.74, 6) is -0.369. The normalized spacial score (nSPS) is 11.3. The molecule has 0 N–H and O–H groups in total. The van der Waals surface area contributed by atoms with Crippen LogP contribution in [0.5, 0.6) is 0 Å². The van der Waals surface area contributed by atoms with Crippen molar-refractivity contribution in [1.82, 2.24) is 4.57 Å². The van der Waals surface area contributed by atoms with Crippen LogP contribution in [-0.2, 0) is 17.2 Å². The third kappa shape index (κ3) is 2.08. The lowest BCUT2D eigenvalue weighted by Gasteiger charge is -2.14. The molecule has 98 valence electrons. The van der Waals surface area contributed by atoms with Crippen LogP contribution < -0.4 is 0 Å². The highest BCUT2D eigenvalue weighted by Gasteiger charge is 2.25. The fraction of sp³-hybridized carbons (Fsp3) is 0.333. The van der Waals surface area contributed by atoms with E-state index in [0.717, 1.165) is 16.5 Å². The Labute approximate surface area is 112 Å². The zero-order chi connectivity index (χ0) is 14.2. The van der Waals surface area contributed by atoms with Gasteiger partial charge in [-0.25, -0.2) is 4.79 Å². The van der Waals surface area contributed by atoms with E-state index in [2.05, 4.69) is 6.07 Å². The predicted octanol–water partition coefficient (Wildman–Crippen LogP) is 2.77. The number of aromatic nitrogens is 1. The van der Waals surface area contributed by atoms with Gasteiger partial charge in [-0.2, -0.15) is 5.26 Å². The Morgan fingerprint density at radius 2 is 2.11 bits per heavy atom. The van der Waals surface area contributed by atoms with Gasteiger partial charge in [0.15, 0.2) is 0 Å². The topological polar surface area (TPSA) is 55.0 Å². The number of carbonyl (C=O) groups is 1. The van der Waals surface area contributed by atoms with Gasteiger partial charge in [-0.3, -0.25) is 0 Å². The first-order valence-corrected chi connectivity index (χ1v) is 6.00. The van der Waals surface area contributed by atoms with Crippen LogP contribution in [0, 0.1) is 11.3 Å². The highest BCUT2D eigenvalue weighted by molar-refractivity contribution is 5.96. The monoisotopic (exact) mass is 256 g/mol. The van der Waals surface area contributed by atoms with E-state index in [4.69, 9.17) is 4.74 Å². The van der Waals surface area contributed by atoms with Crippen LogP contribution in [0.3, 0.4) is 0 Å². The van der Waals surface area contributed by atoms with Crippen molar-refractivity contribution in [3.63, 3.8) is 0 Å². The second-order valence-electron chi connectivity index (χ2n) is 5.11. The second-order valence-corrected chi connectivity index (χ2v) is 5.11. The third-order valence-corrected chi connectivity index (χ3v) is 3.36. The molecule has 0 bridgehead atoms. The van der Waals surface area contributed by atoms with Crippen LogP contribution in [0.4, 0.5) is 0 Å². The van der Waals surface area contributed by atoms with Crippen LogP contribution >= 0.6 is 0 Å². The molecule has 4 nitrogen and oxygen atoms in total. The Hall–Kier alpha value is -2.28. The van der Waals surface area contributed by atoms with Gasteiger partial charge in [-0.1, -0.05) is 0 Å². The number of aryl methyl sites for hydroxylation is 1. The van der Waals surface area contributed by atoms with Crippen molar-refractivity contribution in [1.29, 1.82) is 5.26 Å². The van der Waals surface area contributed by atoms with Gasteiger partial charge in [-0.05, 0) is 37.6 Å². The molecule has 0 saturated carbocycles. The molecule has 1 heterocycles. The Morgan fingerprint density at radius 1 is 1.42 bits per heavy atom. The van der Waals surface area contributed by atoms with E-state index < -0.39 is 5.41 Å². The molecule has 2 aromatic rings. The number of fused-ring (bicyclic) bond motifs is 1. The van der Waals surface area contributed by atoms with Crippen molar-refractivity contribution < 1.29 is 9.53 Å². The molecular weight excluding hydrogens is 240 g/mol. The number of nitriles is 1. The molecule has 0 atom stereocenters. The molecule has 0 aliphatic heterocycles. The summed E-state index contributed by atoms with van der Waals surface area (Å²) in [6.07, 6.45) is 1.94. The number of methoxy groups -OCH3 is 1. The van der Waals surface area contributed by atoms with Gasteiger partial charge in [0, 0.05) is 24.1 Å². The summed E-state index contributed by atoms with van der Waals surface area (Å²) in [6.45, 7) is 3.74. The summed E-state index contributed by atoms with van der Waals surface area (Å²) in [6, 6.07) is 7.69. The summed E-state index contributed by atoms with van der Waals surface area (Å²) in [5.41, 5.74) is 1.80. The van der Waals surface area contributed by atoms with Gasteiger partial charge in [-0.15, -0.1) is 0 Å². The van der Waals surface area contributed by atoms with Crippen LogP contribution in [0.25, 0.3) is 10.9 Å². The molecule has 0 amide bonds. The molecular formula is C15H16N2O2. The van der Waals surface area contributed by atoms with E-state index in [-0.39, 0.29) is 5.97 Å². The number of benzene rings is 1. The molecule has 4 heteroatoms. The smallest absolute Gasteiger partial charge is 0.337 e. The van der Waals surface area contributed by atoms with Crippen LogP contribution in [0.2, 0.25) is 0 Å². The number of ether oxygens (including phenoxy) is 1. The van der Waals surface area contributed by atoms with E-state index in [0.29, 0.717) is 5.56 Å². The van der Waals surface area contributed by atoms with Crippen molar-refractivity contribution in [2.75, 3.05) is 7.11 Å². The van der Waals surface area contributed by atoms with E-state index in [1.54, 1.807) is 12.1 Å². The highest BCUT2D eigenvalue weighted by Crippen LogP contribution is 2.31. The Kier molecular flexibility index (Phi) is 3.07. The van der Waals surface area contributed by atoms with Gasteiger partial charge >= 0.3 is 5.97 Å². The predicted molar refractivity (Wildman–Crippen MR) is 72.9 cm³/mol. The first-order chi connectivity index (χ1) is 8.90. The molecule has 0 unspecified atom stereocenters. The standard InChI is InChI=1S/C15H16N2O2/c1-15(2,9-16)12-8-17(3)13-6-5-10(7-11(12)13)14(18)19-4/h5-8H,1-4H3. The molecule has 0 saturated heterocycles. The maximum absolute atomic E-state index is 11.6. The average Bonchev–Trinajstić information content (AvgIpc) is 2.75. The fourth-order valence-electron chi connectivity index (χ4n) is 2.20. The first-order valence-electron chi connectivity index (χ1n) is 6.00. The zero-order valence-electron chi connectivity index (χ0n) is 11.5. The largest absolute Gasteiger partial charge is 0.465 e. The number of nitrogens with zero attached hydrogens (tertiary/aromatic N) is 2. The van der Waals surface area contributed by atoms with Crippen LogP contribution in [0.15, 0.2) is 24.4 Å². The van der Waals surface area contributed by atoms with Gasteiger partial charge in [0.1, 0.15) is 0 Å². The average molecular weight is 256 g/mol. The van der Waals surface area contributed by atoms with E-state index in [1.807, 2.05) is 37.7 Å². The fourth-order valence-corrected chi connectivity index (χ4v) is 2.20. The number of hydrogen-bond acceptors (Lipinski definition) is 3. The number of rotatable bonds is 2. The SMILES string of the molecule is COC(=O)c1ccc2c(c1)c(C(C)(C)C#N)cn2C. The molecule has 0 aliphatic rings. The lowest BCUT2D eigenvalue weighted by molar-refractivity contribution is 0.0601. The third-order valence-electron chi connectivity index (χ3n) is 3.36. The molecule has 0 fully saturated rings. The van der Waals surface area contributed by atoms with Crippen LogP contribution in [0.1, 0.15) is 29.8 Å². The van der Waals surface area contributed by atoms with Crippen molar-refractivity contribution in [3.05, 3.63) is 35.5 Å². The summed E-state index contributed by atoms with van der Waals surface area (Å²) >= 11 is 0. The van der Waals surface area contributed by atoms with Gasteiger partial charge in [0.25, 0.3) is 0 Å². The van der Waals surface area contributed by atoms with E-state index >= 15 is 0 Å². The minimum Gasteiger partial charge on any atom is -0.465 e. The zero-order valence-corrected chi connectivity index (χ0v) is 11.5. The minimum atomic E-state index is -0.603. The van der Waals surface area contributed by atoms with Gasteiger partial charge in [0.05, 0.1) is 24.2 Å². The molecule has 2 rings (SSSR count). The molecule has 19 heavy (non-hydrogen) atoms. The van der Waals surface area contributed by atoms with E-state index in [9.17, 15) is 10.1 Å². The van der Waals surface area contributed by atoms with Crippen molar-refractivity contribution in [3.8, 4) is 6.07 Å². The summed E-state index contributed by atoms with van der Waals surface area (Å²) in [5, 5.41) is 10.2. The van der Waals surface area contributed by atoms with Gasteiger partial charge in [0.2, 0.25) is 0 Å². The lowest BCUT2D eigenvalue weighted by Crippen LogP contribution is -2.13. The lowest BCUT2D eigenvalue weighted by atomic mass is 9.86. The number of hydrogen-bond donors (Lipinski definition) is 0. The van der Waals surface area contributed by atoms with Crippen molar-refractivity contribution in [2.24, 2.45) is 7.05 Å². The molecule has 0 radical (unpaired) electrons. The second kappa shape index (κ2) is 4.43. The molecule has 0 aliphatic carbocycles. The Balaban J connectivity index is 2.73. The minimum absolute atomic E-state index is 0.369. The van der Waals surface area contributed by atoms with E-state index in [1.165, 1.54) is 7.11 Å². The Bertz CT molecular complexity index is 690.